The molecule has 4 aliphatic rings. The van der Waals surface area contributed by atoms with Crippen molar-refractivity contribution in [2.45, 2.75) is 149 Å². The molecule has 1 saturated heterocycles. The summed E-state index contributed by atoms with van der Waals surface area (Å²) in [5.74, 6) is -5.16. The van der Waals surface area contributed by atoms with Crippen LogP contribution in [0.15, 0.2) is 47.3 Å². The van der Waals surface area contributed by atoms with Crippen molar-refractivity contribution in [2.75, 3.05) is 32.7 Å². The average molecular weight is 1120 g/mol. The summed E-state index contributed by atoms with van der Waals surface area (Å²) < 4.78 is 22.1. The number of imide groups is 1. The van der Waals surface area contributed by atoms with Crippen LogP contribution in [0.5, 0.6) is 0 Å². The molecule has 81 heavy (non-hydrogen) atoms. The molecule has 0 bridgehead atoms. The summed E-state index contributed by atoms with van der Waals surface area (Å²) >= 11 is 0. The number of rotatable bonds is 25. The maximum atomic E-state index is 15.4. The Labute approximate surface area is 468 Å². The van der Waals surface area contributed by atoms with Crippen LogP contribution in [0.25, 0.3) is 22.3 Å². The first kappa shape index (κ1) is 59.2. The summed E-state index contributed by atoms with van der Waals surface area (Å²) in [6.07, 6.45) is 4.69. The first-order chi connectivity index (χ1) is 38.7. The molecule has 1 fully saturated rings. The van der Waals surface area contributed by atoms with Crippen LogP contribution < -0.4 is 37.5 Å². The van der Waals surface area contributed by atoms with Crippen molar-refractivity contribution in [3.63, 3.8) is 0 Å². The topological polar surface area (TPSA) is 293 Å². The van der Waals surface area contributed by atoms with Crippen molar-refractivity contribution in [2.24, 2.45) is 11.3 Å². The Hall–Kier alpha value is -7.88. The van der Waals surface area contributed by atoms with E-state index >= 15 is 4.39 Å². The predicted octanol–water partition coefficient (Wildman–Crippen LogP) is 3.36. The summed E-state index contributed by atoms with van der Waals surface area (Å²) in [5.41, 5.74) is 1.95. The molecule has 3 aliphatic heterocycles. The van der Waals surface area contributed by atoms with E-state index in [1.54, 1.807) is 50.2 Å². The van der Waals surface area contributed by atoms with E-state index in [9.17, 15) is 53.1 Å². The number of nitrogens with one attached hydrogen (secondary N) is 6. The molecule has 2 unspecified atom stereocenters. The average Bonchev–Trinajstić information content (AvgIpc) is 4.24. The van der Waals surface area contributed by atoms with E-state index in [-0.39, 0.29) is 104 Å². The number of likely N-dealkylation sites (tertiary alicyclic amines) is 1. The number of cyclic esters (lactones) is 1. The number of carbonyl (C=O) groups excluding carboxylic acids is 9. The van der Waals surface area contributed by atoms with Crippen molar-refractivity contribution in [1.82, 2.24) is 46.4 Å². The summed E-state index contributed by atoms with van der Waals surface area (Å²) in [6.45, 7) is 8.22. The highest BCUT2D eigenvalue weighted by Gasteiger charge is 2.48. The number of amides is 8. The molecule has 8 rings (SSSR count). The van der Waals surface area contributed by atoms with E-state index in [2.05, 4.69) is 31.9 Å². The van der Waals surface area contributed by atoms with Gasteiger partial charge >= 0.3 is 5.97 Å². The van der Waals surface area contributed by atoms with Gasteiger partial charge in [-0.2, -0.15) is 0 Å². The van der Waals surface area contributed by atoms with E-state index < -0.39 is 78.3 Å². The highest BCUT2D eigenvalue weighted by molar-refractivity contribution is 6.04. The third-order valence-corrected chi connectivity index (χ3v) is 16.9. The van der Waals surface area contributed by atoms with Crippen LogP contribution in [0.1, 0.15) is 143 Å². The quantitative estimate of drug-likeness (QED) is 0.0251. The van der Waals surface area contributed by atoms with Gasteiger partial charge in [-0.05, 0) is 92.0 Å². The number of aliphatic hydroxyl groups is 1. The number of halogens is 1. The minimum Gasteiger partial charge on any atom is -0.458 e. The molecule has 0 saturated carbocycles. The number of ether oxygens (including phenoxy) is 1. The highest BCUT2D eigenvalue weighted by Crippen LogP contribution is 2.46. The van der Waals surface area contributed by atoms with Gasteiger partial charge in [0.1, 0.15) is 18.5 Å². The van der Waals surface area contributed by atoms with Crippen molar-refractivity contribution < 1.29 is 57.4 Å². The molecule has 1 aliphatic carbocycles. The Bertz CT molecular complexity index is 3230. The molecule has 8 amide bonds. The van der Waals surface area contributed by atoms with Crippen molar-refractivity contribution in [3.05, 3.63) is 97.6 Å². The SMILES string of the molecule is CCC(C)(CC)C1CC(=O)N(CCCCCC(=O)NCC(=O)NCC(=O)NC(Cc2ccccc2)C(=O)NCC(=O)NCCCC(=O)N[C@H]2CCc3c(C)c(F)cc4nc5c(c2c34)Cn2c-5cc3c(c2=O)COC(=O)[C@]3(O)CC)C1=O. The molecule has 4 aromatic rings. The van der Waals surface area contributed by atoms with Crippen LogP contribution in [0.3, 0.4) is 0 Å². The third-order valence-electron chi connectivity index (χ3n) is 16.9. The molecule has 5 heterocycles. The molecule has 21 nitrogen and oxygen atoms in total. The highest BCUT2D eigenvalue weighted by atomic mass is 19.1. The molecule has 0 radical (unpaired) electrons. The van der Waals surface area contributed by atoms with E-state index in [0.717, 1.165) is 18.4 Å². The van der Waals surface area contributed by atoms with Gasteiger partial charge in [-0.1, -0.05) is 64.4 Å². The molecular weight excluding hydrogens is 1050 g/mol. The molecule has 4 atom stereocenters. The molecule has 2 aromatic carbocycles. The van der Waals surface area contributed by atoms with Crippen LogP contribution >= 0.6 is 0 Å². The fourth-order valence-electron chi connectivity index (χ4n) is 11.5. The van der Waals surface area contributed by atoms with Crippen LogP contribution in [-0.4, -0.2) is 112 Å². The number of pyridine rings is 2. The molecular formula is C59H72FN9O12. The number of fused-ring (bicyclic) bond motifs is 5. The maximum absolute atomic E-state index is 15.4. The number of aryl methyl sites for hydroxylation is 1. The first-order valence-electron chi connectivity index (χ1n) is 28.1. The van der Waals surface area contributed by atoms with Gasteiger partial charge in [-0.25, -0.2) is 14.2 Å². The number of nitrogens with zero attached hydrogens (tertiary/aromatic N) is 3. The van der Waals surface area contributed by atoms with E-state index in [4.69, 9.17) is 9.72 Å². The lowest BCUT2D eigenvalue weighted by molar-refractivity contribution is -0.172. The third kappa shape index (κ3) is 12.7. The Morgan fingerprint density at radius 3 is 2.26 bits per heavy atom. The van der Waals surface area contributed by atoms with Crippen molar-refractivity contribution in [3.8, 4) is 11.4 Å². The van der Waals surface area contributed by atoms with Gasteiger partial charge < -0.3 is 46.3 Å². The second-order valence-electron chi connectivity index (χ2n) is 21.8. The normalized spacial score (nSPS) is 18.3. The monoisotopic (exact) mass is 1120 g/mol. The van der Waals surface area contributed by atoms with Gasteiger partial charge in [0.2, 0.25) is 47.3 Å². The molecule has 22 heteroatoms. The number of unbranched alkanes of at least 4 members (excludes halogenated alkanes) is 2. The largest absolute Gasteiger partial charge is 0.458 e. The minimum absolute atomic E-state index is 0.00632. The van der Waals surface area contributed by atoms with Gasteiger partial charge in [0.15, 0.2) is 5.60 Å². The van der Waals surface area contributed by atoms with Gasteiger partial charge in [0.25, 0.3) is 5.56 Å². The van der Waals surface area contributed by atoms with Crippen LogP contribution in [0.2, 0.25) is 0 Å². The van der Waals surface area contributed by atoms with Gasteiger partial charge in [0, 0.05) is 61.4 Å². The Kier molecular flexibility index (Phi) is 18.5. The van der Waals surface area contributed by atoms with Crippen LogP contribution in [0.4, 0.5) is 4.39 Å². The molecule has 0 spiro atoms. The van der Waals surface area contributed by atoms with E-state index in [1.807, 2.05) is 20.8 Å². The lowest BCUT2D eigenvalue weighted by Gasteiger charge is -2.31. The van der Waals surface area contributed by atoms with Crippen LogP contribution in [-0.2, 0) is 79.5 Å². The Balaban J connectivity index is 0.779. The number of hydrogen-bond acceptors (Lipinski definition) is 13. The number of esters is 1. The lowest BCUT2D eigenvalue weighted by atomic mass is 9.72. The molecule has 432 valence electrons. The van der Waals surface area contributed by atoms with E-state index in [1.165, 1.54) is 15.5 Å². The second-order valence-corrected chi connectivity index (χ2v) is 21.8. The Morgan fingerprint density at radius 1 is 0.840 bits per heavy atom. The first-order valence-corrected chi connectivity index (χ1v) is 28.1. The summed E-state index contributed by atoms with van der Waals surface area (Å²) in [7, 11) is 0. The molecule has 2 aromatic heterocycles. The number of carbonyl (C=O) groups is 9. The zero-order valence-corrected chi connectivity index (χ0v) is 46.6. The number of hydrogen-bond donors (Lipinski definition) is 7. The van der Waals surface area contributed by atoms with E-state index in [0.29, 0.717) is 83.2 Å². The molecule has 7 N–H and O–H groups in total. The summed E-state index contributed by atoms with van der Waals surface area (Å²) in [5, 5.41) is 28.0. The Morgan fingerprint density at radius 2 is 1.53 bits per heavy atom. The minimum atomic E-state index is -2.04. The van der Waals surface area contributed by atoms with Gasteiger partial charge in [-0.3, -0.25) is 48.1 Å². The standard InChI is InChI=1S/C59H72FN9O12/c1-6-58(5,7-2)39-26-50(75)68(56(39)78)23-14-10-13-18-45(70)62-28-48(73)63-30-49(74)66-43(24-34-16-11-9-12-17-34)54(76)64-29-47(72)61-22-15-19-46(71)65-41-21-20-35-33(4)40(60)27-42-51(35)52(41)36-31-69-44(53(36)67-42)25-38-37(55(69)77)32-81-57(79)59(38,80)8-3/h9,11-12,16-17,25,27,39,41,43,80H,6-8,10,13-15,18-24,26,28-32H2,1-5H3,(H,61,72)(H,62,70)(H,63,73)(H,64,76)(H,65,71)(H,66,74)/t39?,41-,43?,59-/m0/s1. The lowest BCUT2D eigenvalue weighted by Crippen LogP contribution is -2.52. The summed E-state index contributed by atoms with van der Waals surface area (Å²) in [4.78, 5) is 137. The smallest absolute Gasteiger partial charge is 0.343 e. The van der Waals surface area contributed by atoms with Crippen molar-refractivity contribution in [1.29, 1.82) is 0 Å². The van der Waals surface area contributed by atoms with Crippen LogP contribution in [0, 0.1) is 24.1 Å². The second kappa shape index (κ2) is 25.3. The number of benzene rings is 2. The van der Waals surface area contributed by atoms with Crippen molar-refractivity contribution >= 4 is 64.1 Å². The summed E-state index contributed by atoms with van der Waals surface area (Å²) in [6, 6.07) is 10.1. The van der Waals surface area contributed by atoms with Gasteiger partial charge in [-0.15, -0.1) is 0 Å². The predicted molar refractivity (Wildman–Crippen MR) is 294 cm³/mol. The zero-order valence-electron chi connectivity index (χ0n) is 46.6. The van der Waals surface area contributed by atoms with Gasteiger partial charge in [0.05, 0.1) is 60.6 Å². The zero-order chi connectivity index (χ0) is 58.3. The fourth-order valence-corrected chi connectivity index (χ4v) is 11.5. The fraction of sp³-hybridized carbons (Fsp3) is 0.508. The number of aromatic nitrogens is 2. The maximum Gasteiger partial charge on any atom is 0.343 e.